The Kier molecular flexibility index (Phi) is 3.77. The molecule has 0 radical (unpaired) electrons. The number of anilines is 1. The molecule has 0 aromatic heterocycles. The van der Waals surface area contributed by atoms with Crippen molar-refractivity contribution in [3.8, 4) is 11.5 Å². The highest BCUT2D eigenvalue weighted by Gasteiger charge is 2.13. The van der Waals surface area contributed by atoms with Gasteiger partial charge >= 0.3 is 0 Å². The number of benzene rings is 2. The molecule has 2 aromatic carbocycles. The van der Waals surface area contributed by atoms with Crippen LogP contribution in [-0.4, -0.2) is 19.1 Å². The van der Waals surface area contributed by atoms with Gasteiger partial charge in [-0.3, -0.25) is 4.79 Å². The van der Waals surface area contributed by atoms with Gasteiger partial charge in [-0.15, -0.1) is 0 Å². The van der Waals surface area contributed by atoms with Crippen LogP contribution in [0.25, 0.3) is 0 Å². The molecule has 3 rings (SSSR count). The van der Waals surface area contributed by atoms with Crippen molar-refractivity contribution in [1.29, 1.82) is 0 Å². The first-order valence-corrected chi connectivity index (χ1v) is 7.06. The maximum Gasteiger partial charge on any atom is 0.255 e. The second-order valence-electron chi connectivity index (χ2n) is 4.83. The largest absolute Gasteiger partial charge is 0.494 e. The number of rotatable bonds is 4. The molecule has 1 heterocycles. The van der Waals surface area contributed by atoms with E-state index in [0.29, 0.717) is 18.8 Å². The molecule has 0 bridgehead atoms. The van der Waals surface area contributed by atoms with E-state index >= 15 is 0 Å². The van der Waals surface area contributed by atoms with Crippen LogP contribution in [0.5, 0.6) is 11.5 Å². The first-order valence-electron chi connectivity index (χ1n) is 7.06. The van der Waals surface area contributed by atoms with Gasteiger partial charge in [-0.25, -0.2) is 0 Å². The molecule has 21 heavy (non-hydrogen) atoms. The standard InChI is InChI=1S/C17H17NO3/c1-2-20-15-6-3-12(4-7-15)17(19)18-14-5-8-16-13(11-14)9-10-21-16/h3-8,11H,2,9-10H2,1H3,(H,18,19). The second kappa shape index (κ2) is 5.87. The Hall–Kier alpha value is -2.49. The van der Waals surface area contributed by atoms with E-state index in [-0.39, 0.29) is 5.91 Å². The fraction of sp³-hybridized carbons (Fsp3) is 0.235. The normalized spacial score (nSPS) is 12.4. The molecular formula is C17H17NO3. The van der Waals surface area contributed by atoms with Crippen LogP contribution in [0.1, 0.15) is 22.8 Å². The summed E-state index contributed by atoms with van der Waals surface area (Å²) in [5.41, 5.74) is 2.54. The van der Waals surface area contributed by atoms with Crippen LogP contribution in [0.3, 0.4) is 0 Å². The summed E-state index contributed by atoms with van der Waals surface area (Å²) in [4.78, 5) is 12.2. The molecule has 1 N–H and O–H groups in total. The number of carbonyl (C=O) groups excluding carboxylic acids is 1. The number of nitrogens with one attached hydrogen (secondary N) is 1. The average Bonchev–Trinajstić information content (AvgIpc) is 2.96. The highest BCUT2D eigenvalue weighted by molar-refractivity contribution is 6.04. The lowest BCUT2D eigenvalue weighted by molar-refractivity contribution is 0.102. The van der Waals surface area contributed by atoms with Crippen LogP contribution >= 0.6 is 0 Å². The molecule has 0 atom stereocenters. The third-order valence-electron chi connectivity index (χ3n) is 3.37. The van der Waals surface area contributed by atoms with Gasteiger partial charge in [0, 0.05) is 17.7 Å². The van der Waals surface area contributed by atoms with Gasteiger partial charge in [-0.05, 0) is 55.0 Å². The zero-order chi connectivity index (χ0) is 14.7. The van der Waals surface area contributed by atoms with Crippen molar-refractivity contribution < 1.29 is 14.3 Å². The number of ether oxygens (including phenoxy) is 2. The summed E-state index contributed by atoms with van der Waals surface area (Å²) in [6, 6.07) is 12.8. The molecule has 0 spiro atoms. The predicted molar refractivity (Wildman–Crippen MR) is 81.2 cm³/mol. The van der Waals surface area contributed by atoms with Gasteiger partial charge in [-0.2, -0.15) is 0 Å². The highest BCUT2D eigenvalue weighted by Crippen LogP contribution is 2.28. The summed E-state index contributed by atoms with van der Waals surface area (Å²) in [5, 5.41) is 2.90. The van der Waals surface area contributed by atoms with Gasteiger partial charge in [0.2, 0.25) is 0 Å². The topological polar surface area (TPSA) is 47.6 Å². The third-order valence-corrected chi connectivity index (χ3v) is 3.37. The first-order chi connectivity index (χ1) is 10.3. The molecule has 2 aromatic rings. The highest BCUT2D eigenvalue weighted by atomic mass is 16.5. The van der Waals surface area contributed by atoms with Crippen LogP contribution in [0.15, 0.2) is 42.5 Å². The molecule has 1 amide bonds. The average molecular weight is 283 g/mol. The summed E-state index contributed by atoms with van der Waals surface area (Å²) in [6.45, 7) is 3.26. The Morgan fingerprint density at radius 1 is 1.24 bits per heavy atom. The van der Waals surface area contributed by atoms with Crippen molar-refractivity contribution in [2.45, 2.75) is 13.3 Å². The molecule has 0 aliphatic carbocycles. The van der Waals surface area contributed by atoms with Crippen LogP contribution in [0, 0.1) is 0 Å². The minimum Gasteiger partial charge on any atom is -0.494 e. The van der Waals surface area contributed by atoms with Gasteiger partial charge in [0.05, 0.1) is 13.2 Å². The van der Waals surface area contributed by atoms with Gasteiger partial charge in [0.1, 0.15) is 11.5 Å². The van der Waals surface area contributed by atoms with Crippen molar-refractivity contribution in [1.82, 2.24) is 0 Å². The fourth-order valence-electron chi connectivity index (χ4n) is 2.34. The van der Waals surface area contributed by atoms with Gasteiger partial charge in [0.25, 0.3) is 5.91 Å². The van der Waals surface area contributed by atoms with Crippen LogP contribution < -0.4 is 14.8 Å². The number of carbonyl (C=O) groups is 1. The van der Waals surface area contributed by atoms with E-state index in [1.807, 2.05) is 25.1 Å². The molecular weight excluding hydrogens is 266 g/mol. The Balaban J connectivity index is 1.71. The molecule has 4 heteroatoms. The second-order valence-corrected chi connectivity index (χ2v) is 4.83. The Labute approximate surface area is 123 Å². The molecule has 0 saturated carbocycles. The summed E-state index contributed by atoms with van der Waals surface area (Å²) in [6.07, 6.45) is 0.891. The van der Waals surface area contributed by atoms with Gasteiger partial charge in [-0.1, -0.05) is 0 Å². The van der Waals surface area contributed by atoms with Crippen molar-refractivity contribution >= 4 is 11.6 Å². The lowest BCUT2D eigenvalue weighted by Gasteiger charge is -2.08. The maximum atomic E-state index is 12.2. The van der Waals surface area contributed by atoms with Crippen molar-refractivity contribution in [3.63, 3.8) is 0 Å². The van der Waals surface area contributed by atoms with E-state index in [4.69, 9.17) is 9.47 Å². The zero-order valence-electron chi connectivity index (χ0n) is 11.9. The summed E-state index contributed by atoms with van der Waals surface area (Å²) < 4.78 is 10.8. The summed E-state index contributed by atoms with van der Waals surface area (Å²) in [5.74, 6) is 1.55. The monoisotopic (exact) mass is 283 g/mol. The number of amides is 1. The third kappa shape index (κ3) is 2.99. The smallest absolute Gasteiger partial charge is 0.255 e. The van der Waals surface area contributed by atoms with Crippen LogP contribution in [-0.2, 0) is 6.42 Å². The van der Waals surface area contributed by atoms with E-state index < -0.39 is 0 Å². The minimum absolute atomic E-state index is 0.128. The summed E-state index contributed by atoms with van der Waals surface area (Å²) >= 11 is 0. The van der Waals surface area contributed by atoms with Crippen LogP contribution in [0.4, 0.5) is 5.69 Å². The summed E-state index contributed by atoms with van der Waals surface area (Å²) in [7, 11) is 0. The maximum absolute atomic E-state index is 12.2. The van der Waals surface area contributed by atoms with Crippen molar-refractivity contribution in [2.75, 3.05) is 18.5 Å². The molecule has 0 unspecified atom stereocenters. The van der Waals surface area contributed by atoms with E-state index in [9.17, 15) is 4.79 Å². The van der Waals surface area contributed by atoms with Crippen molar-refractivity contribution in [2.24, 2.45) is 0 Å². The van der Waals surface area contributed by atoms with E-state index in [2.05, 4.69) is 5.32 Å². The Morgan fingerprint density at radius 2 is 2.05 bits per heavy atom. The number of hydrogen-bond donors (Lipinski definition) is 1. The number of fused-ring (bicyclic) bond motifs is 1. The van der Waals surface area contributed by atoms with Crippen molar-refractivity contribution in [3.05, 3.63) is 53.6 Å². The molecule has 0 fully saturated rings. The first kappa shape index (κ1) is 13.5. The SMILES string of the molecule is CCOc1ccc(C(=O)Nc2ccc3c(c2)CCO3)cc1. The Bertz CT molecular complexity index is 650. The van der Waals surface area contributed by atoms with E-state index in [1.165, 1.54) is 0 Å². The Morgan fingerprint density at radius 3 is 2.81 bits per heavy atom. The zero-order valence-corrected chi connectivity index (χ0v) is 11.9. The lowest BCUT2D eigenvalue weighted by Crippen LogP contribution is -2.11. The molecule has 1 aliphatic heterocycles. The molecule has 0 saturated heterocycles. The lowest BCUT2D eigenvalue weighted by atomic mass is 10.1. The molecule has 1 aliphatic rings. The quantitative estimate of drug-likeness (QED) is 0.936. The van der Waals surface area contributed by atoms with Gasteiger partial charge in [0.15, 0.2) is 0 Å². The van der Waals surface area contributed by atoms with E-state index in [0.717, 1.165) is 29.2 Å². The molecule has 108 valence electrons. The minimum atomic E-state index is -0.128. The number of hydrogen-bond acceptors (Lipinski definition) is 3. The molecule has 4 nitrogen and oxygen atoms in total. The van der Waals surface area contributed by atoms with Gasteiger partial charge < -0.3 is 14.8 Å². The van der Waals surface area contributed by atoms with Crippen LogP contribution in [0.2, 0.25) is 0 Å². The van der Waals surface area contributed by atoms with E-state index in [1.54, 1.807) is 24.3 Å². The fourth-order valence-corrected chi connectivity index (χ4v) is 2.34. The predicted octanol–water partition coefficient (Wildman–Crippen LogP) is 3.27.